The van der Waals surface area contributed by atoms with Gasteiger partial charge in [0, 0.05) is 0 Å². The van der Waals surface area contributed by atoms with Gasteiger partial charge < -0.3 is 4.74 Å². The molecule has 0 saturated carbocycles. The molecule has 0 bridgehead atoms. The lowest BCUT2D eigenvalue weighted by Crippen LogP contribution is -2.14. The normalized spacial score (nSPS) is 12.6. The summed E-state index contributed by atoms with van der Waals surface area (Å²) in [6, 6.07) is 9.64. The minimum atomic E-state index is -0.351. The summed E-state index contributed by atoms with van der Waals surface area (Å²) < 4.78 is 5.15. The smallest absolute Gasteiger partial charge is 0.323 e. The van der Waals surface area contributed by atoms with E-state index < -0.39 is 0 Å². The van der Waals surface area contributed by atoms with E-state index in [1.165, 1.54) is 0 Å². The second-order valence-electron chi connectivity index (χ2n) is 3.33. The van der Waals surface area contributed by atoms with Crippen molar-refractivity contribution in [2.24, 2.45) is 0 Å². The van der Waals surface area contributed by atoms with E-state index >= 15 is 0 Å². The van der Waals surface area contributed by atoms with Crippen LogP contribution in [0.5, 0.6) is 0 Å². The van der Waals surface area contributed by atoms with Crippen LogP contribution in [0.3, 0.4) is 0 Å². The summed E-state index contributed by atoms with van der Waals surface area (Å²) in [5.74, 6) is -0.256. The molecule has 0 N–H and O–H groups in total. The van der Waals surface area contributed by atoms with Gasteiger partial charge in [-0.1, -0.05) is 65.3 Å². The molecule has 1 aromatic rings. The number of esters is 1. The molecule has 0 spiro atoms. The molecule has 0 aliphatic rings. The first-order valence-corrected chi connectivity index (χ1v) is 6.17. The van der Waals surface area contributed by atoms with Gasteiger partial charge in [-0.25, -0.2) is 0 Å². The molecule has 0 aliphatic carbocycles. The van der Waals surface area contributed by atoms with E-state index in [-0.39, 0.29) is 10.8 Å². The van der Waals surface area contributed by atoms with Crippen LogP contribution >= 0.6 is 15.9 Å². The van der Waals surface area contributed by atoms with Crippen LogP contribution in [0.4, 0.5) is 0 Å². The quantitative estimate of drug-likeness (QED) is 0.470. The van der Waals surface area contributed by atoms with Crippen molar-refractivity contribution in [2.75, 3.05) is 0 Å². The summed E-state index contributed by atoms with van der Waals surface area (Å²) in [4.78, 5) is 11.2. The van der Waals surface area contributed by atoms with Crippen molar-refractivity contribution in [3.63, 3.8) is 0 Å². The standard InChI is InChI=1S/C13H15BrO2/c1-2-3-9-12(14)13(15)16-10-11-7-5-4-6-8-11/h3-9,12H,2,10H2,1H3/b9-3+. The van der Waals surface area contributed by atoms with Crippen molar-refractivity contribution >= 4 is 21.9 Å². The minimum Gasteiger partial charge on any atom is -0.460 e. The molecule has 16 heavy (non-hydrogen) atoms. The van der Waals surface area contributed by atoms with Crippen molar-refractivity contribution in [3.05, 3.63) is 48.0 Å². The average molecular weight is 283 g/mol. The maximum Gasteiger partial charge on any atom is 0.323 e. The number of ether oxygens (including phenoxy) is 1. The van der Waals surface area contributed by atoms with E-state index in [2.05, 4.69) is 15.9 Å². The number of alkyl halides is 1. The molecular weight excluding hydrogens is 268 g/mol. The second kappa shape index (κ2) is 7.23. The molecule has 0 aromatic heterocycles. The molecule has 2 nitrogen and oxygen atoms in total. The van der Waals surface area contributed by atoms with E-state index in [0.717, 1.165) is 12.0 Å². The van der Waals surface area contributed by atoms with Gasteiger partial charge in [0.15, 0.2) is 0 Å². The van der Waals surface area contributed by atoms with Crippen molar-refractivity contribution < 1.29 is 9.53 Å². The summed E-state index contributed by atoms with van der Waals surface area (Å²) in [5, 5.41) is 0. The number of rotatable bonds is 5. The third kappa shape index (κ3) is 4.62. The summed E-state index contributed by atoms with van der Waals surface area (Å²) in [7, 11) is 0. The first kappa shape index (κ1) is 13.0. The van der Waals surface area contributed by atoms with Crippen LogP contribution in [0.15, 0.2) is 42.5 Å². The number of hydrogen-bond donors (Lipinski definition) is 0. The van der Waals surface area contributed by atoms with Crippen LogP contribution < -0.4 is 0 Å². The molecule has 3 heteroatoms. The van der Waals surface area contributed by atoms with Crippen molar-refractivity contribution in [1.29, 1.82) is 0 Å². The summed E-state index contributed by atoms with van der Waals surface area (Å²) >= 11 is 3.26. The van der Waals surface area contributed by atoms with Crippen LogP contribution in [-0.2, 0) is 16.1 Å². The molecule has 1 atom stereocenters. The predicted octanol–water partition coefficient (Wildman–Crippen LogP) is 3.46. The molecule has 0 saturated heterocycles. The highest BCUT2D eigenvalue weighted by atomic mass is 79.9. The maximum atomic E-state index is 11.5. The lowest BCUT2D eigenvalue weighted by Gasteiger charge is -2.06. The highest BCUT2D eigenvalue weighted by Crippen LogP contribution is 2.08. The number of hydrogen-bond acceptors (Lipinski definition) is 2. The fourth-order valence-corrected chi connectivity index (χ4v) is 1.49. The number of carbonyl (C=O) groups is 1. The van der Waals surface area contributed by atoms with Gasteiger partial charge in [-0.2, -0.15) is 0 Å². The SMILES string of the molecule is CC/C=C/C(Br)C(=O)OCc1ccccc1. The highest BCUT2D eigenvalue weighted by molar-refractivity contribution is 9.10. The Hall–Kier alpha value is -1.09. The molecule has 0 fully saturated rings. The van der Waals surface area contributed by atoms with Gasteiger partial charge in [-0.05, 0) is 12.0 Å². The van der Waals surface area contributed by atoms with Gasteiger partial charge in [-0.15, -0.1) is 0 Å². The molecular formula is C13H15BrO2. The summed E-state index contributed by atoms with van der Waals surface area (Å²) in [6.45, 7) is 2.34. The van der Waals surface area contributed by atoms with Crippen LogP contribution in [0.1, 0.15) is 18.9 Å². The van der Waals surface area contributed by atoms with Crippen LogP contribution in [0.2, 0.25) is 0 Å². The fraction of sp³-hybridized carbons (Fsp3) is 0.308. The van der Waals surface area contributed by atoms with E-state index in [9.17, 15) is 4.79 Å². The lowest BCUT2D eigenvalue weighted by atomic mass is 10.2. The third-order valence-corrected chi connectivity index (χ3v) is 2.67. The molecule has 0 aliphatic heterocycles. The van der Waals surface area contributed by atoms with E-state index in [1.54, 1.807) is 6.08 Å². The molecule has 1 unspecified atom stereocenters. The zero-order chi connectivity index (χ0) is 11.8. The largest absolute Gasteiger partial charge is 0.460 e. The van der Waals surface area contributed by atoms with Crippen molar-refractivity contribution in [3.8, 4) is 0 Å². The van der Waals surface area contributed by atoms with E-state index in [0.29, 0.717) is 6.61 Å². The topological polar surface area (TPSA) is 26.3 Å². The number of benzene rings is 1. The van der Waals surface area contributed by atoms with Crippen molar-refractivity contribution in [2.45, 2.75) is 24.8 Å². The molecule has 86 valence electrons. The Morgan fingerprint density at radius 2 is 2.12 bits per heavy atom. The number of carbonyl (C=O) groups excluding carboxylic acids is 1. The summed E-state index contributed by atoms with van der Waals surface area (Å²) in [5.41, 5.74) is 0.995. The van der Waals surface area contributed by atoms with Gasteiger partial charge in [0.2, 0.25) is 0 Å². The molecule has 0 amide bonds. The minimum absolute atomic E-state index is 0.256. The van der Waals surface area contributed by atoms with Crippen molar-refractivity contribution in [1.82, 2.24) is 0 Å². The summed E-state index contributed by atoms with van der Waals surface area (Å²) in [6.07, 6.45) is 4.64. The van der Waals surface area contributed by atoms with Gasteiger partial charge >= 0.3 is 5.97 Å². The highest BCUT2D eigenvalue weighted by Gasteiger charge is 2.12. The number of halogens is 1. The molecule has 1 rings (SSSR count). The Labute approximate surface area is 104 Å². The van der Waals surface area contributed by atoms with Gasteiger partial charge in [-0.3, -0.25) is 4.79 Å². The molecule has 0 radical (unpaired) electrons. The predicted molar refractivity (Wildman–Crippen MR) is 68.4 cm³/mol. The number of allylic oxidation sites excluding steroid dienone is 1. The monoisotopic (exact) mass is 282 g/mol. The van der Waals surface area contributed by atoms with Gasteiger partial charge in [0.05, 0.1) is 0 Å². The first-order valence-electron chi connectivity index (χ1n) is 5.25. The second-order valence-corrected chi connectivity index (χ2v) is 4.32. The van der Waals surface area contributed by atoms with Crippen LogP contribution in [0.25, 0.3) is 0 Å². The van der Waals surface area contributed by atoms with E-state index in [1.807, 2.05) is 43.3 Å². The van der Waals surface area contributed by atoms with Crippen LogP contribution in [0, 0.1) is 0 Å². The lowest BCUT2D eigenvalue weighted by molar-refractivity contribution is -0.143. The molecule has 0 heterocycles. The molecule has 1 aromatic carbocycles. The zero-order valence-corrected chi connectivity index (χ0v) is 10.8. The first-order chi connectivity index (χ1) is 7.74. The Morgan fingerprint density at radius 1 is 1.44 bits per heavy atom. The average Bonchev–Trinajstić information content (AvgIpc) is 2.34. The fourth-order valence-electron chi connectivity index (χ4n) is 1.14. The third-order valence-electron chi connectivity index (χ3n) is 1.99. The Bertz CT molecular complexity index is 346. The Kier molecular flexibility index (Phi) is 5.86. The van der Waals surface area contributed by atoms with Gasteiger partial charge in [0.1, 0.15) is 11.4 Å². The van der Waals surface area contributed by atoms with E-state index in [4.69, 9.17) is 4.74 Å². The van der Waals surface area contributed by atoms with Crippen LogP contribution in [-0.4, -0.2) is 10.8 Å². The Morgan fingerprint density at radius 3 is 2.75 bits per heavy atom. The maximum absolute atomic E-state index is 11.5. The zero-order valence-electron chi connectivity index (χ0n) is 9.23. The van der Waals surface area contributed by atoms with Gasteiger partial charge in [0.25, 0.3) is 0 Å². The Balaban J connectivity index is 2.38.